The van der Waals surface area contributed by atoms with Gasteiger partial charge >= 0.3 is 0 Å². The molecule has 1 amide bonds. The van der Waals surface area contributed by atoms with Gasteiger partial charge in [-0.2, -0.15) is 4.72 Å². The number of hydrogen-bond acceptors (Lipinski definition) is 8. The van der Waals surface area contributed by atoms with Crippen LogP contribution in [0.1, 0.15) is 57.8 Å². The molecular weight excluding hydrogens is 809 g/mol. The number of amides is 1. The second-order valence-electron chi connectivity index (χ2n) is 16.6. The lowest BCUT2D eigenvalue weighted by molar-refractivity contribution is -0.253. The third-order valence-electron chi connectivity index (χ3n) is 12.0. The van der Waals surface area contributed by atoms with E-state index < -0.39 is 28.3 Å². The van der Waals surface area contributed by atoms with E-state index >= 15 is 0 Å². The van der Waals surface area contributed by atoms with Crippen LogP contribution < -0.4 is 10.0 Å². The first-order valence-corrected chi connectivity index (χ1v) is 23.3. The number of carbonyl (C=O) groups is 1. The minimum Gasteiger partial charge on any atom is -0.392 e. The highest BCUT2D eigenvalue weighted by atomic mass is 32.2. The SMILES string of the molecule is Cc1ccc(S(=O)(=O)N[C@H](Cc2ccccc2)C(=O)NCc2ccccc2-c2ccc([C@H]3O[C@@H](CN4CCN(Cc5ccccc5)CC4)C[C@@H](c4ccc(CO)cc4)O3)cc2)cc1. The molecule has 0 radical (unpaired) electrons. The van der Waals surface area contributed by atoms with Gasteiger partial charge in [-0.1, -0.05) is 151 Å². The van der Waals surface area contributed by atoms with Crippen LogP contribution >= 0.6 is 0 Å². The van der Waals surface area contributed by atoms with E-state index in [0.717, 1.165) is 90.2 Å². The summed E-state index contributed by atoms with van der Waals surface area (Å²) in [4.78, 5) is 19.0. The zero-order valence-corrected chi connectivity index (χ0v) is 36.5. The summed E-state index contributed by atoms with van der Waals surface area (Å²) in [5, 5.41) is 12.7. The van der Waals surface area contributed by atoms with Crippen LogP contribution in [-0.2, 0) is 50.4 Å². The van der Waals surface area contributed by atoms with Gasteiger partial charge < -0.3 is 19.9 Å². The second-order valence-corrected chi connectivity index (χ2v) is 18.3. The molecule has 63 heavy (non-hydrogen) atoms. The predicted octanol–water partition coefficient (Wildman–Crippen LogP) is 7.72. The van der Waals surface area contributed by atoms with Crippen molar-refractivity contribution in [3.05, 3.63) is 197 Å². The first-order valence-electron chi connectivity index (χ1n) is 21.8. The summed E-state index contributed by atoms with van der Waals surface area (Å²) in [7, 11) is -3.98. The Bertz CT molecular complexity index is 2500. The molecule has 6 aromatic carbocycles. The molecule has 2 heterocycles. The molecule has 8 rings (SSSR count). The van der Waals surface area contributed by atoms with Crippen molar-refractivity contribution >= 4 is 15.9 Å². The quantitative estimate of drug-likeness (QED) is 0.0906. The van der Waals surface area contributed by atoms with E-state index in [1.54, 1.807) is 24.3 Å². The van der Waals surface area contributed by atoms with E-state index in [1.807, 2.05) is 97.9 Å². The van der Waals surface area contributed by atoms with Crippen LogP contribution in [0.2, 0.25) is 0 Å². The molecule has 2 saturated heterocycles. The Labute approximate surface area is 371 Å². The van der Waals surface area contributed by atoms with Crippen molar-refractivity contribution in [2.75, 3.05) is 32.7 Å². The van der Waals surface area contributed by atoms with E-state index in [4.69, 9.17) is 9.47 Å². The standard InChI is InChI=1S/C52H56N4O6S/c1-38-16-26-47(27-17-38)63(59,60)54-49(32-39-10-4-2-5-11-39)51(58)53-34-45-14-8-9-15-48(45)42-22-24-44(25-23-42)52-61-46(33-50(62-52)43-20-18-41(37-57)19-21-43)36-56-30-28-55(29-31-56)35-40-12-6-3-7-13-40/h2-27,46,49-50,52,54,57H,28-37H2,1H3,(H,53,58)/t46-,49-,50+,52+/m1/s1. The smallest absolute Gasteiger partial charge is 0.241 e. The largest absolute Gasteiger partial charge is 0.392 e. The summed E-state index contributed by atoms with van der Waals surface area (Å²) >= 11 is 0. The molecular formula is C52H56N4O6S. The maximum atomic E-state index is 13.9. The highest BCUT2D eigenvalue weighted by Gasteiger charge is 2.34. The predicted molar refractivity (Wildman–Crippen MR) is 246 cm³/mol. The summed E-state index contributed by atoms with van der Waals surface area (Å²) in [6, 6.07) is 49.6. The number of aliphatic hydroxyl groups is 1. The Morgan fingerprint density at radius 2 is 1.32 bits per heavy atom. The highest BCUT2D eigenvalue weighted by Crippen LogP contribution is 2.39. The zero-order valence-electron chi connectivity index (χ0n) is 35.7. The summed E-state index contributed by atoms with van der Waals surface area (Å²) in [6.07, 6.45) is 0.0861. The molecule has 0 saturated carbocycles. The van der Waals surface area contributed by atoms with E-state index in [9.17, 15) is 18.3 Å². The van der Waals surface area contributed by atoms with Crippen LogP contribution in [0.4, 0.5) is 0 Å². The first-order chi connectivity index (χ1) is 30.7. The van der Waals surface area contributed by atoms with Gasteiger partial charge in [0, 0.05) is 57.8 Å². The van der Waals surface area contributed by atoms with Crippen molar-refractivity contribution in [3.8, 4) is 11.1 Å². The average Bonchev–Trinajstić information content (AvgIpc) is 3.32. The van der Waals surface area contributed by atoms with Gasteiger partial charge in [0.1, 0.15) is 6.04 Å². The fraction of sp³-hybridized carbons (Fsp3) is 0.288. The van der Waals surface area contributed by atoms with Crippen molar-refractivity contribution in [3.63, 3.8) is 0 Å². The van der Waals surface area contributed by atoms with Gasteiger partial charge in [0.25, 0.3) is 0 Å². The number of nitrogens with zero attached hydrogens (tertiary/aromatic N) is 2. The normalized spacial score (nSPS) is 19.0. The molecule has 0 aromatic heterocycles. The van der Waals surface area contributed by atoms with Gasteiger partial charge in [-0.3, -0.25) is 14.6 Å². The van der Waals surface area contributed by atoms with Gasteiger partial charge in [-0.05, 0) is 64.4 Å². The monoisotopic (exact) mass is 864 g/mol. The molecule has 2 fully saturated rings. The lowest BCUT2D eigenvalue weighted by atomic mass is 9.97. The Balaban J connectivity index is 0.950. The Morgan fingerprint density at radius 3 is 2.00 bits per heavy atom. The second kappa shape index (κ2) is 20.8. The summed E-state index contributed by atoms with van der Waals surface area (Å²) in [6.45, 7) is 7.79. The van der Waals surface area contributed by atoms with E-state index in [1.165, 1.54) is 5.56 Å². The summed E-state index contributed by atoms with van der Waals surface area (Å²) < 4.78 is 43.0. The van der Waals surface area contributed by atoms with E-state index in [0.29, 0.717) is 0 Å². The molecule has 326 valence electrons. The number of aliphatic hydroxyl groups excluding tert-OH is 1. The number of rotatable bonds is 16. The molecule has 4 atom stereocenters. The summed E-state index contributed by atoms with van der Waals surface area (Å²) in [5.41, 5.74) is 8.73. The minimum absolute atomic E-state index is 0.0108. The highest BCUT2D eigenvalue weighted by molar-refractivity contribution is 7.89. The molecule has 0 bridgehead atoms. The number of benzene rings is 6. The molecule has 0 unspecified atom stereocenters. The topological polar surface area (TPSA) is 120 Å². The van der Waals surface area contributed by atoms with Gasteiger partial charge in [0.2, 0.25) is 15.9 Å². The average molecular weight is 865 g/mol. The Morgan fingerprint density at radius 1 is 0.698 bits per heavy atom. The maximum Gasteiger partial charge on any atom is 0.241 e. The van der Waals surface area contributed by atoms with Crippen molar-refractivity contribution < 1.29 is 27.8 Å². The van der Waals surface area contributed by atoms with Gasteiger partial charge in [0.15, 0.2) is 6.29 Å². The van der Waals surface area contributed by atoms with Gasteiger partial charge in [-0.15, -0.1) is 0 Å². The number of sulfonamides is 1. The van der Waals surface area contributed by atoms with Crippen molar-refractivity contribution in [2.45, 2.75) is 68.9 Å². The third kappa shape index (κ3) is 11.8. The van der Waals surface area contributed by atoms with Crippen LogP contribution in [0.5, 0.6) is 0 Å². The molecule has 2 aliphatic rings. The fourth-order valence-corrected chi connectivity index (χ4v) is 9.58. The third-order valence-corrected chi connectivity index (χ3v) is 13.5. The molecule has 6 aromatic rings. The molecule has 0 spiro atoms. The van der Waals surface area contributed by atoms with Gasteiger partial charge in [-0.25, -0.2) is 8.42 Å². The Hall–Kier alpha value is -5.50. The number of hydrogen-bond donors (Lipinski definition) is 3. The number of ether oxygens (including phenoxy) is 2. The van der Waals surface area contributed by atoms with Crippen molar-refractivity contribution in [1.29, 1.82) is 0 Å². The molecule has 11 heteroatoms. The van der Waals surface area contributed by atoms with Crippen LogP contribution in [0.25, 0.3) is 11.1 Å². The van der Waals surface area contributed by atoms with E-state index in [2.05, 4.69) is 62.3 Å². The molecule has 3 N–H and O–H groups in total. The van der Waals surface area contributed by atoms with Crippen molar-refractivity contribution in [1.82, 2.24) is 19.8 Å². The zero-order chi connectivity index (χ0) is 43.6. The van der Waals surface area contributed by atoms with Crippen molar-refractivity contribution in [2.24, 2.45) is 0 Å². The van der Waals surface area contributed by atoms with E-state index in [-0.39, 0.29) is 36.7 Å². The Kier molecular flexibility index (Phi) is 14.6. The van der Waals surface area contributed by atoms with Crippen LogP contribution in [0.3, 0.4) is 0 Å². The maximum absolute atomic E-state index is 13.9. The lowest BCUT2D eigenvalue weighted by Crippen LogP contribution is -2.49. The minimum atomic E-state index is -3.98. The fourth-order valence-electron chi connectivity index (χ4n) is 8.38. The number of nitrogens with one attached hydrogen (secondary N) is 2. The molecule has 0 aliphatic carbocycles. The molecule has 10 nitrogen and oxygen atoms in total. The molecule has 2 aliphatic heterocycles. The number of carbonyl (C=O) groups excluding carboxylic acids is 1. The number of aryl methyl sites for hydroxylation is 1. The lowest BCUT2D eigenvalue weighted by Gasteiger charge is -2.40. The van der Waals surface area contributed by atoms with Gasteiger partial charge in [0.05, 0.1) is 23.7 Å². The van der Waals surface area contributed by atoms with Crippen LogP contribution in [0.15, 0.2) is 163 Å². The van der Waals surface area contributed by atoms with Crippen LogP contribution in [0, 0.1) is 6.92 Å². The number of piperazine rings is 1. The first kappa shape index (κ1) is 44.1. The summed E-state index contributed by atoms with van der Waals surface area (Å²) in [5.74, 6) is -0.421. The van der Waals surface area contributed by atoms with Crippen LogP contribution in [-0.4, -0.2) is 74.1 Å².